The number of para-hydroxylation sites is 1. The average Bonchev–Trinajstić information content (AvgIpc) is 2.81. The molecule has 0 radical (unpaired) electrons. The maximum absolute atomic E-state index is 5.85. The average molecular weight is 253 g/mol. The summed E-state index contributed by atoms with van der Waals surface area (Å²) in [5.74, 6) is 0.772. The van der Waals surface area contributed by atoms with E-state index in [-0.39, 0.29) is 0 Å². The molecule has 1 aromatic carbocycles. The molecule has 0 spiro atoms. The predicted octanol–water partition coefficient (Wildman–Crippen LogP) is 1.89. The molecule has 2 aromatic heterocycles. The molecular weight excluding hydrogens is 238 g/mol. The van der Waals surface area contributed by atoms with E-state index >= 15 is 0 Å². The molecule has 0 aliphatic rings. The van der Waals surface area contributed by atoms with Gasteiger partial charge in [-0.2, -0.15) is 4.68 Å². The van der Waals surface area contributed by atoms with Crippen molar-refractivity contribution in [1.82, 2.24) is 20.0 Å². The van der Waals surface area contributed by atoms with Crippen LogP contribution >= 0.6 is 0 Å². The number of fused-ring (bicyclic) bond motifs is 1. The highest BCUT2D eigenvalue weighted by molar-refractivity contribution is 5.75. The Bertz CT molecular complexity index is 745. The lowest BCUT2D eigenvalue weighted by atomic mass is 10.1. The fraction of sp³-hybridized carbons (Fsp3) is 0.214. The Hall–Kier alpha value is -2.27. The molecule has 19 heavy (non-hydrogen) atoms. The van der Waals surface area contributed by atoms with Crippen molar-refractivity contribution in [1.29, 1.82) is 0 Å². The van der Waals surface area contributed by atoms with Crippen LogP contribution in [0.1, 0.15) is 16.8 Å². The quantitative estimate of drug-likeness (QED) is 0.757. The fourth-order valence-electron chi connectivity index (χ4n) is 2.30. The molecule has 0 amide bonds. The van der Waals surface area contributed by atoms with Gasteiger partial charge in [0.05, 0.1) is 5.52 Å². The second-order valence-electron chi connectivity index (χ2n) is 4.58. The first-order chi connectivity index (χ1) is 9.20. The van der Waals surface area contributed by atoms with Crippen molar-refractivity contribution in [3.8, 4) is 5.82 Å². The normalized spacial score (nSPS) is 11.1. The third kappa shape index (κ3) is 1.88. The highest BCUT2D eigenvalue weighted by Crippen LogP contribution is 2.20. The predicted molar refractivity (Wildman–Crippen MR) is 74.0 cm³/mol. The van der Waals surface area contributed by atoms with Crippen molar-refractivity contribution in [2.45, 2.75) is 20.4 Å². The monoisotopic (exact) mass is 253 g/mol. The van der Waals surface area contributed by atoms with Crippen LogP contribution in [0.4, 0.5) is 0 Å². The number of aryl methyl sites for hydroxylation is 2. The van der Waals surface area contributed by atoms with Crippen molar-refractivity contribution in [3.05, 3.63) is 47.2 Å². The van der Waals surface area contributed by atoms with Gasteiger partial charge >= 0.3 is 0 Å². The summed E-state index contributed by atoms with van der Waals surface area (Å²) >= 11 is 0. The smallest absolute Gasteiger partial charge is 0.160 e. The highest BCUT2D eigenvalue weighted by atomic mass is 15.4. The van der Waals surface area contributed by atoms with Crippen LogP contribution in [0.5, 0.6) is 0 Å². The molecule has 0 atom stereocenters. The topological polar surface area (TPSA) is 69.6 Å². The van der Waals surface area contributed by atoms with Crippen LogP contribution in [0.3, 0.4) is 0 Å². The van der Waals surface area contributed by atoms with E-state index in [4.69, 9.17) is 5.73 Å². The lowest BCUT2D eigenvalue weighted by Gasteiger charge is -2.11. The summed E-state index contributed by atoms with van der Waals surface area (Å²) in [6.07, 6.45) is 0. The second-order valence-corrected chi connectivity index (χ2v) is 4.58. The van der Waals surface area contributed by atoms with E-state index in [9.17, 15) is 0 Å². The Morgan fingerprint density at radius 2 is 2.00 bits per heavy atom. The van der Waals surface area contributed by atoms with Gasteiger partial charge in [-0.1, -0.05) is 17.3 Å². The van der Waals surface area contributed by atoms with Crippen LogP contribution in [0.15, 0.2) is 30.3 Å². The molecule has 96 valence electrons. The van der Waals surface area contributed by atoms with E-state index in [1.165, 1.54) is 0 Å². The molecular formula is C14H15N5. The number of nitrogens with zero attached hydrogens (tertiary/aromatic N) is 4. The number of aromatic nitrogens is 4. The van der Waals surface area contributed by atoms with Crippen LogP contribution in [0, 0.1) is 13.8 Å². The Balaban J connectivity index is 2.32. The van der Waals surface area contributed by atoms with Crippen molar-refractivity contribution in [3.63, 3.8) is 0 Å². The molecule has 0 aliphatic carbocycles. The molecule has 0 unspecified atom stereocenters. The number of pyridine rings is 1. The number of nitrogens with two attached hydrogens (primary N) is 1. The molecule has 3 aromatic rings. The van der Waals surface area contributed by atoms with Gasteiger partial charge in [0.25, 0.3) is 0 Å². The van der Waals surface area contributed by atoms with E-state index in [1.54, 1.807) is 4.68 Å². The van der Waals surface area contributed by atoms with Gasteiger partial charge in [-0.25, -0.2) is 4.98 Å². The number of hydrogen-bond donors (Lipinski definition) is 1. The summed E-state index contributed by atoms with van der Waals surface area (Å²) in [5, 5.41) is 8.37. The van der Waals surface area contributed by atoms with Crippen LogP contribution < -0.4 is 5.73 Å². The zero-order chi connectivity index (χ0) is 13.4. The summed E-state index contributed by atoms with van der Waals surface area (Å²) in [6.45, 7) is 4.44. The number of rotatable bonds is 2. The fourth-order valence-corrected chi connectivity index (χ4v) is 2.30. The van der Waals surface area contributed by atoms with E-state index in [0.29, 0.717) is 6.54 Å². The first-order valence-electron chi connectivity index (χ1n) is 6.18. The first-order valence-corrected chi connectivity index (χ1v) is 6.18. The van der Waals surface area contributed by atoms with Crippen molar-refractivity contribution in [2.24, 2.45) is 5.73 Å². The largest absolute Gasteiger partial charge is 0.326 e. The second kappa shape index (κ2) is 4.44. The van der Waals surface area contributed by atoms with Gasteiger partial charge in [0.1, 0.15) is 5.52 Å². The number of hydrogen-bond acceptors (Lipinski definition) is 4. The van der Waals surface area contributed by atoms with Crippen LogP contribution in [-0.4, -0.2) is 20.0 Å². The molecule has 0 saturated carbocycles. The summed E-state index contributed by atoms with van der Waals surface area (Å²) in [6, 6.07) is 9.86. The van der Waals surface area contributed by atoms with Gasteiger partial charge in [0, 0.05) is 17.8 Å². The summed E-state index contributed by atoms with van der Waals surface area (Å²) in [7, 11) is 0. The van der Waals surface area contributed by atoms with E-state index in [2.05, 4.69) is 15.3 Å². The molecule has 5 heteroatoms. The van der Waals surface area contributed by atoms with Crippen LogP contribution in [0.2, 0.25) is 0 Å². The summed E-state index contributed by atoms with van der Waals surface area (Å²) in [4.78, 5) is 4.58. The maximum atomic E-state index is 5.85. The van der Waals surface area contributed by atoms with Gasteiger partial charge in [0.2, 0.25) is 0 Å². The van der Waals surface area contributed by atoms with Crippen LogP contribution in [0.25, 0.3) is 16.9 Å². The summed E-state index contributed by atoms with van der Waals surface area (Å²) < 4.78 is 1.76. The zero-order valence-corrected chi connectivity index (χ0v) is 11.0. The van der Waals surface area contributed by atoms with E-state index in [1.807, 2.05) is 44.2 Å². The standard InChI is InChI=1S/C14H15N5/c1-9-7-10(2)16-14(11(9)8-15)19-13-6-4-3-5-12(13)17-18-19/h3-7H,8,15H2,1-2H3. The van der Waals surface area contributed by atoms with Crippen molar-refractivity contribution >= 4 is 11.0 Å². The van der Waals surface area contributed by atoms with E-state index < -0.39 is 0 Å². The lowest BCUT2D eigenvalue weighted by Crippen LogP contribution is -2.11. The molecule has 0 fully saturated rings. The maximum Gasteiger partial charge on any atom is 0.160 e. The Kier molecular flexibility index (Phi) is 2.76. The molecule has 2 heterocycles. The van der Waals surface area contributed by atoms with Crippen molar-refractivity contribution in [2.75, 3.05) is 0 Å². The van der Waals surface area contributed by atoms with Gasteiger partial charge in [-0.3, -0.25) is 0 Å². The minimum atomic E-state index is 0.433. The third-order valence-electron chi connectivity index (χ3n) is 3.21. The zero-order valence-electron chi connectivity index (χ0n) is 11.0. The van der Waals surface area contributed by atoms with Gasteiger partial charge in [-0.05, 0) is 37.6 Å². The van der Waals surface area contributed by atoms with Gasteiger partial charge in [0.15, 0.2) is 5.82 Å². The Morgan fingerprint density at radius 1 is 1.21 bits per heavy atom. The Labute approximate surface area is 111 Å². The molecule has 0 saturated heterocycles. The lowest BCUT2D eigenvalue weighted by molar-refractivity contribution is 0.780. The first kappa shape index (κ1) is 11.8. The SMILES string of the molecule is Cc1cc(C)c(CN)c(-n2nnc3ccccc32)n1. The van der Waals surface area contributed by atoms with Crippen molar-refractivity contribution < 1.29 is 0 Å². The molecule has 0 bridgehead atoms. The van der Waals surface area contributed by atoms with Crippen LogP contribution in [-0.2, 0) is 6.54 Å². The molecule has 3 rings (SSSR count). The third-order valence-corrected chi connectivity index (χ3v) is 3.21. The minimum Gasteiger partial charge on any atom is -0.326 e. The summed E-state index contributed by atoms with van der Waals surface area (Å²) in [5.41, 5.74) is 10.7. The molecule has 5 nitrogen and oxygen atoms in total. The minimum absolute atomic E-state index is 0.433. The highest BCUT2D eigenvalue weighted by Gasteiger charge is 2.13. The molecule has 2 N–H and O–H groups in total. The van der Waals surface area contributed by atoms with Gasteiger partial charge in [-0.15, -0.1) is 5.10 Å². The molecule has 0 aliphatic heterocycles. The number of benzene rings is 1. The Morgan fingerprint density at radius 3 is 2.79 bits per heavy atom. The van der Waals surface area contributed by atoms with E-state index in [0.717, 1.165) is 33.7 Å². The van der Waals surface area contributed by atoms with Gasteiger partial charge < -0.3 is 5.73 Å².